The first-order valence-corrected chi connectivity index (χ1v) is 7.42. The molecule has 2 N–H and O–H groups in total. The molecular weight excluding hydrogens is 314 g/mol. The summed E-state index contributed by atoms with van der Waals surface area (Å²) in [6.07, 6.45) is 5.50. The lowest BCUT2D eigenvalue weighted by Gasteiger charge is -2.29. The van der Waals surface area contributed by atoms with E-state index < -0.39 is 0 Å². The van der Waals surface area contributed by atoms with Crippen LogP contribution in [0, 0.1) is 0 Å². The van der Waals surface area contributed by atoms with Crippen molar-refractivity contribution < 1.29 is 4.79 Å². The van der Waals surface area contributed by atoms with Gasteiger partial charge >= 0.3 is 0 Å². The summed E-state index contributed by atoms with van der Waals surface area (Å²) in [5.74, 6) is 0.489. The number of carbonyl (C=O) groups excluding carboxylic acids is 1. The van der Waals surface area contributed by atoms with Crippen molar-refractivity contribution in [2.75, 3.05) is 36.4 Å². The van der Waals surface area contributed by atoms with Gasteiger partial charge in [0.2, 0.25) is 5.91 Å². The first-order chi connectivity index (χ1) is 10.8. The zero-order valence-electron chi connectivity index (χ0n) is 12.7. The predicted octanol–water partition coefficient (Wildman–Crippen LogP) is 1.49. The summed E-state index contributed by atoms with van der Waals surface area (Å²) in [4.78, 5) is 22.6. The number of nitrogens with one attached hydrogen (secondary N) is 2. The van der Waals surface area contributed by atoms with E-state index in [0.29, 0.717) is 12.2 Å². The maximum absolute atomic E-state index is 12.0. The number of halogens is 1. The summed E-state index contributed by atoms with van der Waals surface area (Å²) in [6.45, 7) is 3.94. The van der Waals surface area contributed by atoms with Gasteiger partial charge in [0.1, 0.15) is 5.82 Å². The third-order valence-corrected chi connectivity index (χ3v) is 3.58. The van der Waals surface area contributed by atoms with Crippen LogP contribution in [0.5, 0.6) is 0 Å². The highest BCUT2D eigenvalue weighted by molar-refractivity contribution is 5.91. The predicted molar refractivity (Wildman–Crippen MR) is 93.1 cm³/mol. The quantitative estimate of drug-likeness (QED) is 0.887. The van der Waals surface area contributed by atoms with E-state index in [1.54, 1.807) is 12.4 Å². The molecule has 1 amide bonds. The van der Waals surface area contributed by atoms with Gasteiger partial charge in [-0.25, -0.2) is 4.98 Å². The van der Waals surface area contributed by atoms with Gasteiger partial charge in [-0.3, -0.25) is 9.78 Å². The summed E-state index contributed by atoms with van der Waals surface area (Å²) >= 11 is 0. The summed E-state index contributed by atoms with van der Waals surface area (Å²) in [7, 11) is 0. The van der Waals surface area contributed by atoms with Crippen LogP contribution in [0.2, 0.25) is 0 Å². The van der Waals surface area contributed by atoms with Crippen LogP contribution in [-0.4, -0.2) is 42.1 Å². The number of anilines is 2. The highest BCUT2D eigenvalue weighted by atomic mass is 35.5. The van der Waals surface area contributed by atoms with E-state index in [-0.39, 0.29) is 18.3 Å². The van der Waals surface area contributed by atoms with Crippen LogP contribution < -0.4 is 15.5 Å². The van der Waals surface area contributed by atoms with E-state index in [0.717, 1.165) is 37.4 Å². The molecule has 3 heterocycles. The van der Waals surface area contributed by atoms with Crippen molar-refractivity contribution in [1.82, 2.24) is 15.3 Å². The molecule has 1 aliphatic heterocycles. The van der Waals surface area contributed by atoms with Gasteiger partial charge in [-0.1, -0.05) is 6.07 Å². The molecule has 0 spiro atoms. The lowest BCUT2D eigenvalue weighted by Crippen LogP contribution is -2.43. The van der Waals surface area contributed by atoms with E-state index in [9.17, 15) is 4.79 Å². The minimum absolute atomic E-state index is 0. The minimum Gasteiger partial charge on any atom is -0.368 e. The number of rotatable bonds is 4. The number of piperazine rings is 1. The van der Waals surface area contributed by atoms with Gasteiger partial charge in [0.15, 0.2) is 0 Å². The molecule has 3 rings (SSSR count). The average Bonchev–Trinajstić information content (AvgIpc) is 2.57. The molecule has 0 unspecified atom stereocenters. The molecule has 122 valence electrons. The smallest absolute Gasteiger partial charge is 0.230 e. The summed E-state index contributed by atoms with van der Waals surface area (Å²) in [5, 5.41) is 6.13. The number of hydrogen-bond acceptors (Lipinski definition) is 5. The van der Waals surface area contributed by atoms with Gasteiger partial charge in [0.25, 0.3) is 0 Å². The molecule has 1 saturated heterocycles. The van der Waals surface area contributed by atoms with Gasteiger partial charge in [-0.15, -0.1) is 12.4 Å². The highest BCUT2D eigenvalue weighted by Crippen LogP contribution is 2.15. The van der Waals surface area contributed by atoms with E-state index >= 15 is 0 Å². The van der Waals surface area contributed by atoms with Crippen molar-refractivity contribution in [3.05, 3.63) is 48.4 Å². The van der Waals surface area contributed by atoms with Gasteiger partial charge in [0.05, 0.1) is 18.3 Å². The molecule has 2 aromatic rings. The highest BCUT2D eigenvalue weighted by Gasteiger charge is 2.11. The minimum atomic E-state index is -0.0876. The topological polar surface area (TPSA) is 70.2 Å². The molecule has 0 bridgehead atoms. The van der Waals surface area contributed by atoms with Crippen LogP contribution in [0.3, 0.4) is 0 Å². The SMILES string of the molecule is Cl.O=C(Cc1cccnc1)Nc1ccc(N2CCNCC2)cn1. The van der Waals surface area contributed by atoms with Crippen molar-refractivity contribution in [1.29, 1.82) is 0 Å². The van der Waals surface area contributed by atoms with Crippen molar-refractivity contribution in [3.8, 4) is 0 Å². The number of pyridine rings is 2. The van der Waals surface area contributed by atoms with Crippen LogP contribution in [0.1, 0.15) is 5.56 Å². The second kappa shape index (κ2) is 8.45. The summed E-state index contributed by atoms with van der Waals surface area (Å²) in [6, 6.07) is 7.55. The van der Waals surface area contributed by atoms with E-state index in [1.165, 1.54) is 0 Å². The normalized spacial score (nSPS) is 14.0. The first kappa shape index (κ1) is 17.2. The molecule has 0 aliphatic carbocycles. The van der Waals surface area contributed by atoms with E-state index in [1.807, 2.05) is 30.5 Å². The van der Waals surface area contributed by atoms with Gasteiger partial charge in [0, 0.05) is 38.6 Å². The van der Waals surface area contributed by atoms with Gasteiger partial charge < -0.3 is 15.5 Å². The molecule has 0 atom stereocenters. The van der Waals surface area contributed by atoms with Crippen LogP contribution in [-0.2, 0) is 11.2 Å². The summed E-state index contributed by atoms with van der Waals surface area (Å²) < 4.78 is 0. The third kappa shape index (κ3) is 4.91. The Bertz CT molecular complexity index is 614. The average molecular weight is 334 g/mol. The zero-order valence-corrected chi connectivity index (χ0v) is 13.6. The standard InChI is InChI=1S/C16H19N5O.ClH/c22-16(10-13-2-1-5-18-11-13)20-15-4-3-14(12-19-15)21-8-6-17-7-9-21;/h1-5,11-12,17H,6-10H2,(H,19,20,22);1H. The number of nitrogens with zero attached hydrogens (tertiary/aromatic N) is 3. The Morgan fingerprint density at radius 2 is 2.04 bits per heavy atom. The summed E-state index contributed by atoms with van der Waals surface area (Å²) in [5.41, 5.74) is 1.98. The maximum Gasteiger partial charge on any atom is 0.230 e. The van der Waals surface area contributed by atoms with Crippen molar-refractivity contribution >= 4 is 29.8 Å². The van der Waals surface area contributed by atoms with Crippen molar-refractivity contribution in [2.45, 2.75) is 6.42 Å². The number of hydrogen-bond donors (Lipinski definition) is 2. The largest absolute Gasteiger partial charge is 0.368 e. The molecule has 0 saturated carbocycles. The Balaban J connectivity index is 0.00000192. The molecule has 23 heavy (non-hydrogen) atoms. The Labute approximate surface area is 141 Å². The monoisotopic (exact) mass is 333 g/mol. The lowest BCUT2D eigenvalue weighted by atomic mass is 10.2. The fourth-order valence-electron chi connectivity index (χ4n) is 2.45. The molecule has 6 nitrogen and oxygen atoms in total. The van der Waals surface area contributed by atoms with Gasteiger partial charge in [-0.2, -0.15) is 0 Å². The molecule has 1 fully saturated rings. The fourth-order valence-corrected chi connectivity index (χ4v) is 2.45. The molecular formula is C16H20ClN5O. The number of aromatic nitrogens is 2. The second-order valence-corrected chi connectivity index (χ2v) is 5.22. The molecule has 0 aromatic carbocycles. The Kier molecular flexibility index (Phi) is 6.31. The Morgan fingerprint density at radius 1 is 1.22 bits per heavy atom. The van der Waals surface area contributed by atoms with E-state index in [4.69, 9.17) is 0 Å². The molecule has 2 aromatic heterocycles. The third-order valence-electron chi connectivity index (χ3n) is 3.58. The lowest BCUT2D eigenvalue weighted by molar-refractivity contribution is -0.115. The van der Waals surface area contributed by atoms with Crippen molar-refractivity contribution in [2.24, 2.45) is 0 Å². The zero-order chi connectivity index (χ0) is 15.2. The Hall–Kier alpha value is -2.18. The van der Waals surface area contributed by atoms with Crippen LogP contribution in [0.15, 0.2) is 42.9 Å². The fraction of sp³-hybridized carbons (Fsp3) is 0.312. The number of amides is 1. The molecule has 7 heteroatoms. The van der Waals surface area contributed by atoms with Crippen LogP contribution >= 0.6 is 12.4 Å². The van der Waals surface area contributed by atoms with Crippen LogP contribution in [0.25, 0.3) is 0 Å². The Morgan fingerprint density at radius 3 is 2.70 bits per heavy atom. The maximum atomic E-state index is 12.0. The molecule has 1 aliphatic rings. The van der Waals surface area contributed by atoms with Crippen molar-refractivity contribution in [3.63, 3.8) is 0 Å². The first-order valence-electron chi connectivity index (χ1n) is 7.42. The van der Waals surface area contributed by atoms with E-state index in [2.05, 4.69) is 25.5 Å². The second-order valence-electron chi connectivity index (χ2n) is 5.22. The number of carbonyl (C=O) groups is 1. The van der Waals surface area contributed by atoms with Gasteiger partial charge in [-0.05, 0) is 23.8 Å². The molecule has 0 radical (unpaired) electrons. The van der Waals surface area contributed by atoms with Crippen LogP contribution in [0.4, 0.5) is 11.5 Å².